The molecule has 0 fully saturated rings. The molecule has 0 saturated heterocycles. The van der Waals surface area contributed by atoms with Crippen molar-refractivity contribution in [2.24, 2.45) is 7.05 Å². The largest absolute Gasteiger partial charge is 0.350 e. The Labute approximate surface area is 129 Å². The van der Waals surface area contributed by atoms with E-state index in [0.717, 1.165) is 16.8 Å². The number of nitrogens with zero attached hydrogens (tertiary/aromatic N) is 2. The molecule has 1 heterocycles. The SMILES string of the molecule is Cc1cccc(CNC(=O)CNC(=O)c2cc(C)nn2C)c1. The number of rotatable bonds is 5. The molecule has 0 aliphatic heterocycles. The Morgan fingerprint density at radius 3 is 2.59 bits per heavy atom. The summed E-state index contributed by atoms with van der Waals surface area (Å²) in [5.41, 5.74) is 3.37. The number of aryl methyl sites for hydroxylation is 3. The summed E-state index contributed by atoms with van der Waals surface area (Å²) in [5, 5.41) is 9.46. The van der Waals surface area contributed by atoms with Gasteiger partial charge in [-0.1, -0.05) is 29.8 Å². The summed E-state index contributed by atoms with van der Waals surface area (Å²) >= 11 is 0. The van der Waals surface area contributed by atoms with Crippen LogP contribution in [0.2, 0.25) is 0 Å². The Hall–Kier alpha value is -2.63. The van der Waals surface area contributed by atoms with E-state index in [9.17, 15) is 9.59 Å². The Morgan fingerprint density at radius 2 is 1.95 bits per heavy atom. The molecule has 1 aromatic heterocycles. The lowest BCUT2D eigenvalue weighted by molar-refractivity contribution is -0.120. The van der Waals surface area contributed by atoms with Crippen LogP contribution in [0.4, 0.5) is 0 Å². The minimum atomic E-state index is -0.311. The van der Waals surface area contributed by atoms with Gasteiger partial charge in [0.05, 0.1) is 12.2 Å². The molecule has 2 N–H and O–H groups in total. The zero-order valence-electron chi connectivity index (χ0n) is 13.0. The lowest BCUT2D eigenvalue weighted by atomic mass is 10.1. The summed E-state index contributed by atoms with van der Waals surface area (Å²) in [6, 6.07) is 9.59. The number of amides is 2. The van der Waals surface area contributed by atoms with E-state index in [-0.39, 0.29) is 18.4 Å². The molecule has 0 atom stereocenters. The van der Waals surface area contributed by atoms with Crippen LogP contribution in [0.15, 0.2) is 30.3 Å². The average molecular weight is 300 g/mol. The Bertz CT molecular complexity index is 691. The summed E-state index contributed by atoms with van der Waals surface area (Å²) in [6.45, 7) is 4.20. The van der Waals surface area contributed by atoms with Crippen molar-refractivity contribution >= 4 is 11.8 Å². The smallest absolute Gasteiger partial charge is 0.269 e. The first kappa shape index (κ1) is 15.8. The van der Waals surface area contributed by atoms with Crippen LogP contribution in [0, 0.1) is 13.8 Å². The molecule has 6 nitrogen and oxygen atoms in total. The molecule has 0 aliphatic carbocycles. The first-order valence-corrected chi connectivity index (χ1v) is 7.07. The normalized spacial score (nSPS) is 10.3. The second-order valence-corrected chi connectivity index (χ2v) is 5.24. The van der Waals surface area contributed by atoms with Crippen LogP contribution in [0.5, 0.6) is 0 Å². The van der Waals surface area contributed by atoms with E-state index < -0.39 is 0 Å². The third kappa shape index (κ3) is 4.18. The summed E-state index contributed by atoms with van der Waals surface area (Å²) < 4.78 is 1.50. The van der Waals surface area contributed by atoms with Gasteiger partial charge >= 0.3 is 0 Å². The predicted molar refractivity (Wildman–Crippen MR) is 83.3 cm³/mol. The highest BCUT2D eigenvalue weighted by Gasteiger charge is 2.12. The lowest BCUT2D eigenvalue weighted by Crippen LogP contribution is -2.37. The topological polar surface area (TPSA) is 76.0 Å². The molecule has 0 bridgehead atoms. The molecule has 116 valence electrons. The van der Waals surface area contributed by atoms with Crippen LogP contribution in [-0.2, 0) is 18.4 Å². The van der Waals surface area contributed by atoms with Crippen LogP contribution in [-0.4, -0.2) is 28.1 Å². The zero-order valence-corrected chi connectivity index (χ0v) is 13.0. The molecule has 22 heavy (non-hydrogen) atoms. The van der Waals surface area contributed by atoms with Gasteiger partial charge in [0.15, 0.2) is 0 Å². The molecule has 2 rings (SSSR count). The molecule has 2 amide bonds. The van der Waals surface area contributed by atoms with Gasteiger partial charge in [0.25, 0.3) is 5.91 Å². The van der Waals surface area contributed by atoms with E-state index in [0.29, 0.717) is 12.2 Å². The van der Waals surface area contributed by atoms with E-state index in [1.807, 2.05) is 38.1 Å². The lowest BCUT2D eigenvalue weighted by Gasteiger charge is -2.07. The highest BCUT2D eigenvalue weighted by molar-refractivity contribution is 5.95. The van der Waals surface area contributed by atoms with Crippen molar-refractivity contribution in [2.45, 2.75) is 20.4 Å². The van der Waals surface area contributed by atoms with Crippen molar-refractivity contribution in [3.63, 3.8) is 0 Å². The van der Waals surface area contributed by atoms with E-state index in [1.54, 1.807) is 13.1 Å². The van der Waals surface area contributed by atoms with Gasteiger partial charge < -0.3 is 10.6 Å². The monoisotopic (exact) mass is 300 g/mol. The van der Waals surface area contributed by atoms with Crippen molar-refractivity contribution in [1.29, 1.82) is 0 Å². The predicted octanol–water partition coefficient (Wildman–Crippen LogP) is 1.08. The van der Waals surface area contributed by atoms with Crippen molar-refractivity contribution in [3.05, 3.63) is 52.8 Å². The van der Waals surface area contributed by atoms with E-state index in [4.69, 9.17) is 0 Å². The molecule has 1 aromatic carbocycles. The summed E-state index contributed by atoms with van der Waals surface area (Å²) in [5.74, 6) is -0.539. The van der Waals surface area contributed by atoms with Crippen LogP contribution >= 0.6 is 0 Å². The number of carbonyl (C=O) groups excluding carboxylic acids is 2. The molecular weight excluding hydrogens is 280 g/mol. The molecular formula is C16H20N4O2. The van der Waals surface area contributed by atoms with Gasteiger partial charge in [-0.15, -0.1) is 0 Å². The van der Waals surface area contributed by atoms with Gasteiger partial charge in [0, 0.05) is 13.6 Å². The molecule has 0 unspecified atom stereocenters. The quantitative estimate of drug-likeness (QED) is 0.867. The first-order chi connectivity index (χ1) is 10.5. The molecule has 0 spiro atoms. The second kappa shape index (κ2) is 6.89. The average Bonchev–Trinajstić information content (AvgIpc) is 2.81. The van der Waals surface area contributed by atoms with Crippen LogP contribution in [0.3, 0.4) is 0 Å². The fourth-order valence-electron chi connectivity index (χ4n) is 2.16. The highest BCUT2D eigenvalue weighted by atomic mass is 16.2. The Balaban J connectivity index is 1.80. The second-order valence-electron chi connectivity index (χ2n) is 5.24. The Kier molecular flexibility index (Phi) is 4.93. The third-order valence-electron chi connectivity index (χ3n) is 3.22. The molecule has 0 saturated carbocycles. The zero-order chi connectivity index (χ0) is 16.1. The fourth-order valence-corrected chi connectivity index (χ4v) is 2.16. The van der Waals surface area contributed by atoms with Crippen molar-refractivity contribution in [1.82, 2.24) is 20.4 Å². The van der Waals surface area contributed by atoms with Crippen LogP contribution in [0.25, 0.3) is 0 Å². The maximum atomic E-state index is 12.0. The maximum absolute atomic E-state index is 12.0. The van der Waals surface area contributed by atoms with Crippen molar-refractivity contribution in [2.75, 3.05) is 6.54 Å². The summed E-state index contributed by atoms with van der Waals surface area (Å²) in [6.07, 6.45) is 0. The highest BCUT2D eigenvalue weighted by Crippen LogP contribution is 2.03. The molecule has 0 radical (unpaired) electrons. The molecule has 2 aromatic rings. The number of aromatic nitrogens is 2. The van der Waals surface area contributed by atoms with Crippen LogP contribution in [0.1, 0.15) is 27.3 Å². The maximum Gasteiger partial charge on any atom is 0.269 e. The van der Waals surface area contributed by atoms with Crippen molar-refractivity contribution < 1.29 is 9.59 Å². The Morgan fingerprint density at radius 1 is 1.18 bits per heavy atom. The van der Waals surface area contributed by atoms with Gasteiger partial charge in [-0.3, -0.25) is 14.3 Å². The van der Waals surface area contributed by atoms with Crippen molar-refractivity contribution in [3.8, 4) is 0 Å². The summed E-state index contributed by atoms with van der Waals surface area (Å²) in [7, 11) is 1.69. The molecule has 0 aliphatic rings. The minimum Gasteiger partial charge on any atom is -0.350 e. The van der Waals surface area contributed by atoms with Gasteiger partial charge in [-0.25, -0.2) is 0 Å². The fraction of sp³-hybridized carbons (Fsp3) is 0.312. The van der Waals surface area contributed by atoms with E-state index >= 15 is 0 Å². The summed E-state index contributed by atoms with van der Waals surface area (Å²) in [4.78, 5) is 23.7. The van der Waals surface area contributed by atoms with Gasteiger partial charge in [0.2, 0.25) is 5.91 Å². The standard InChI is InChI=1S/C16H20N4O2/c1-11-5-4-6-13(7-11)9-17-15(21)10-18-16(22)14-8-12(2)19-20(14)3/h4-8H,9-10H2,1-3H3,(H,17,21)(H,18,22). The molecule has 6 heteroatoms. The van der Waals surface area contributed by atoms with Gasteiger partial charge in [-0.05, 0) is 25.5 Å². The van der Waals surface area contributed by atoms with E-state index in [2.05, 4.69) is 15.7 Å². The number of hydrogen-bond donors (Lipinski definition) is 2. The number of benzene rings is 1. The third-order valence-corrected chi connectivity index (χ3v) is 3.22. The van der Waals surface area contributed by atoms with E-state index in [1.165, 1.54) is 4.68 Å². The van der Waals surface area contributed by atoms with Gasteiger partial charge in [-0.2, -0.15) is 5.10 Å². The van der Waals surface area contributed by atoms with Gasteiger partial charge in [0.1, 0.15) is 5.69 Å². The first-order valence-electron chi connectivity index (χ1n) is 7.07. The van der Waals surface area contributed by atoms with Crippen LogP contribution < -0.4 is 10.6 Å². The minimum absolute atomic E-state index is 0.0606. The number of nitrogens with one attached hydrogen (secondary N) is 2. The number of hydrogen-bond acceptors (Lipinski definition) is 3. The number of carbonyl (C=O) groups is 2.